The first kappa shape index (κ1) is 9.40. The number of nitrogens with zero attached hydrogens (tertiary/aromatic N) is 3. The number of hydrogen-bond acceptors (Lipinski definition) is 2. The molecule has 2 aliphatic rings. The highest BCUT2D eigenvalue weighted by Gasteiger charge is 2.48. The van der Waals surface area contributed by atoms with Crippen molar-refractivity contribution in [3.05, 3.63) is 12.8 Å². The molecule has 2 heterocycles. The van der Waals surface area contributed by atoms with Gasteiger partial charge in [0.05, 0.1) is 0 Å². The van der Waals surface area contributed by atoms with Gasteiger partial charge in [0.25, 0.3) is 0 Å². The van der Waals surface area contributed by atoms with Gasteiger partial charge in [-0.3, -0.25) is 0 Å². The van der Waals surface area contributed by atoms with Crippen LogP contribution in [0.5, 0.6) is 0 Å². The highest BCUT2D eigenvalue weighted by atomic mass is 15.3. The van der Waals surface area contributed by atoms with Crippen LogP contribution >= 0.6 is 0 Å². The van der Waals surface area contributed by atoms with Gasteiger partial charge in [0.2, 0.25) is 5.96 Å². The molecule has 2 fully saturated rings. The molecule has 14 heavy (non-hydrogen) atoms. The van der Waals surface area contributed by atoms with E-state index in [2.05, 4.69) is 26.8 Å². The molecule has 2 aliphatic heterocycles. The van der Waals surface area contributed by atoms with E-state index in [1.807, 2.05) is 6.92 Å². The average molecular weight is 192 g/mol. The highest BCUT2D eigenvalue weighted by Crippen LogP contribution is 2.34. The van der Waals surface area contributed by atoms with Crippen molar-refractivity contribution in [1.29, 1.82) is 0 Å². The molecule has 0 aromatic rings. The summed E-state index contributed by atoms with van der Waals surface area (Å²) in [5, 5.41) is 3.30. The Labute approximate surface area is 84.4 Å². The predicted octanol–water partition coefficient (Wildman–Crippen LogP) is 0.482. The quantitative estimate of drug-likeness (QED) is 0.485. The summed E-state index contributed by atoms with van der Waals surface area (Å²) in [6.45, 7) is 9.92. The lowest BCUT2D eigenvalue weighted by Gasteiger charge is -2.56. The van der Waals surface area contributed by atoms with E-state index >= 15 is 0 Å². The fourth-order valence-corrected chi connectivity index (χ4v) is 2.00. The first-order chi connectivity index (χ1) is 6.79. The summed E-state index contributed by atoms with van der Waals surface area (Å²) in [4.78, 5) is 10.6. The Morgan fingerprint density at radius 2 is 2.21 bits per heavy atom. The Balaban J connectivity index is 1.95. The molecule has 0 bridgehead atoms. The van der Waals surface area contributed by atoms with E-state index < -0.39 is 0 Å². The van der Waals surface area contributed by atoms with Crippen LogP contribution in [-0.4, -0.2) is 43.3 Å². The third-order valence-corrected chi connectivity index (χ3v) is 2.79. The first-order valence-electron chi connectivity index (χ1n) is 4.93. The number of rotatable bonds is 1. The summed E-state index contributed by atoms with van der Waals surface area (Å²) >= 11 is 0. The minimum atomic E-state index is 0.519. The van der Waals surface area contributed by atoms with Gasteiger partial charge < -0.3 is 10.2 Å². The molecule has 0 saturated carbocycles. The van der Waals surface area contributed by atoms with E-state index in [-0.39, 0.29) is 0 Å². The largest absolute Gasteiger partial charge is 0.339 e. The van der Waals surface area contributed by atoms with E-state index in [1.54, 1.807) is 12.4 Å². The van der Waals surface area contributed by atoms with Crippen LogP contribution in [0.1, 0.15) is 6.92 Å². The molecule has 0 unspecified atom stereocenters. The van der Waals surface area contributed by atoms with Gasteiger partial charge in [-0.2, -0.15) is 0 Å². The second kappa shape index (κ2) is 3.53. The molecular formula is C10H16N4. The first-order valence-corrected chi connectivity index (χ1v) is 4.93. The summed E-state index contributed by atoms with van der Waals surface area (Å²) in [6, 6.07) is 0. The highest BCUT2D eigenvalue weighted by molar-refractivity contribution is 5.88. The van der Waals surface area contributed by atoms with Crippen molar-refractivity contribution in [2.24, 2.45) is 15.4 Å². The van der Waals surface area contributed by atoms with Crippen LogP contribution in [0.3, 0.4) is 0 Å². The SMILES string of the molecule is C=C/N=C(\N=C/C)N1CC2(CNC2)C1. The molecule has 0 aromatic carbocycles. The smallest absolute Gasteiger partial charge is 0.224 e. The molecule has 4 heteroatoms. The van der Waals surface area contributed by atoms with Crippen LogP contribution in [0, 0.1) is 5.41 Å². The van der Waals surface area contributed by atoms with Crippen molar-refractivity contribution >= 4 is 12.2 Å². The van der Waals surface area contributed by atoms with Crippen molar-refractivity contribution in [2.75, 3.05) is 26.2 Å². The van der Waals surface area contributed by atoms with Crippen LogP contribution in [0.25, 0.3) is 0 Å². The lowest BCUT2D eigenvalue weighted by molar-refractivity contribution is 0.00635. The topological polar surface area (TPSA) is 40.0 Å². The fourth-order valence-electron chi connectivity index (χ4n) is 2.00. The molecule has 0 amide bonds. The van der Waals surface area contributed by atoms with Gasteiger partial charge in [0.1, 0.15) is 0 Å². The number of guanidine groups is 1. The summed E-state index contributed by atoms with van der Waals surface area (Å²) in [5.74, 6) is 0.792. The Kier molecular flexibility index (Phi) is 2.37. The number of hydrogen-bond donors (Lipinski definition) is 1. The van der Waals surface area contributed by atoms with Crippen molar-refractivity contribution < 1.29 is 0 Å². The molecule has 0 atom stereocenters. The van der Waals surface area contributed by atoms with Gasteiger partial charge in [-0.1, -0.05) is 6.58 Å². The van der Waals surface area contributed by atoms with Gasteiger partial charge >= 0.3 is 0 Å². The zero-order valence-electron chi connectivity index (χ0n) is 8.53. The molecule has 2 saturated heterocycles. The standard InChI is InChI=1S/C10H16N4/c1-3-12-9(13-4-2)14-7-10(8-14)5-11-6-10/h3-4,11H,1,5-8H2,2H3/b12-9+,13-4-. The van der Waals surface area contributed by atoms with Crippen molar-refractivity contribution in [2.45, 2.75) is 6.92 Å². The second-order valence-electron chi connectivity index (χ2n) is 3.96. The minimum Gasteiger partial charge on any atom is -0.339 e. The van der Waals surface area contributed by atoms with Gasteiger partial charge in [-0.15, -0.1) is 0 Å². The van der Waals surface area contributed by atoms with Gasteiger partial charge in [0, 0.05) is 44.0 Å². The third kappa shape index (κ3) is 1.46. The molecule has 1 spiro atoms. The number of likely N-dealkylation sites (tertiary alicyclic amines) is 1. The zero-order valence-corrected chi connectivity index (χ0v) is 8.53. The number of nitrogens with one attached hydrogen (secondary N) is 1. The van der Waals surface area contributed by atoms with E-state index in [4.69, 9.17) is 0 Å². The molecule has 0 radical (unpaired) electrons. The molecule has 4 nitrogen and oxygen atoms in total. The van der Waals surface area contributed by atoms with Crippen LogP contribution < -0.4 is 5.32 Å². The molecule has 2 rings (SSSR count). The van der Waals surface area contributed by atoms with Crippen LogP contribution in [-0.2, 0) is 0 Å². The summed E-state index contributed by atoms with van der Waals surface area (Å²) in [6.07, 6.45) is 3.32. The minimum absolute atomic E-state index is 0.519. The molecule has 76 valence electrons. The monoisotopic (exact) mass is 192 g/mol. The van der Waals surface area contributed by atoms with Crippen LogP contribution in [0.15, 0.2) is 22.8 Å². The Hall–Kier alpha value is -1.16. The van der Waals surface area contributed by atoms with Crippen LogP contribution in [0.4, 0.5) is 0 Å². The molecule has 1 N–H and O–H groups in total. The number of aliphatic imine (C=N–C) groups is 2. The van der Waals surface area contributed by atoms with Gasteiger partial charge in [-0.25, -0.2) is 9.98 Å². The Morgan fingerprint density at radius 1 is 1.50 bits per heavy atom. The van der Waals surface area contributed by atoms with Gasteiger partial charge in [-0.05, 0) is 6.92 Å². The maximum absolute atomic E-state index is 4.22. The average Bonchev–Trinajstić information content (AvgIpc) is 1.99. The van der Waals surface area contributed by atoms with E-state index in [0.717, 1.165) is 32.1 Å². The van der Waals surface area contributed by atoms with Crippen LogP contribution in [0.2, 0.25) is 0 Å². The van der Waals surface area contributed by atoms with E-state index in [9.17, 15) is 0 Å². The normalized spacial score (nSPS) is 24.9. The van der Waals surface area contributed by atoms with Gasteiger partial charge in [0.15, 0.2) is 0 Å². The second-order valence-corrected chi connectivity index (χ2v) is 3.96. The fraction of sp³-hybridized carbons (Fsp3) is 0.600. The van der Waals surface area contributed by atoms with Crippen molar-refractivity contribution in [3.63, 3.8) is 0 Å². The lowest BCUT2D eigenvalue weighted by atomic mass is 9.75. The predicted molar refractivity (Wildman–Crippen MR) is 58.7 cm³/mol. The summed E-state index contributed by atoms with van der Waals surface area (Å²) in [5.41, 5.74) is 0.519. The maximum atomic E-state index is 4.22. The molecular weight excluding hydrogens is 176 g/mol. The lowest BCUT2D eigenvalue weighted by Crippen LogP contribution is -2.71. The summed E-state index contributed by atoms with van der Waals surface area (Å²) < 4.78 is 0. The van der Waals surface area contributed by atoms with E-state index in [0.29, 0.717) is 5.41 Å². The maximum Gasteiger partial charge on any atom is 0.224 e. The zero-order chi connectivity index (χ0) is 10.0. The van der Waals surface area contributed by atoms with Crippen molar-refractivity contribution in [1.82, 2.24) is 10.2 Å². The summed E-state index contributed by atoms with van der Waals surface area (Å²) in [7, 11) is 0. The Morgan fingerprint density at radius 3 is 2.64 bits per heavy atom. The van der Waals surface area contributed by atoms with E-state index in [1.165, 1.54) is 0 Å². The Bertz CT molecular complexity index is 280. The third-order valence-electron chi connectivity index (χ3n) is 2.79. The van der Waals surface area contributed by atoms with Crippen molar-refractivity contribution in [3.8, 4) is 0 Å². The molecule has 0 aliphatic carbocycles. The molecule has 0 aromatic heterocycles.